The maximum absolute atomic E-state index is 12.5. The van der Waals surface area contributed by atoms with Crippen molar-refractivity contribution in [1.82, 2.24) is 4.72 Å². The average Bonchev–Trinajstić information content (AvgIpc) is 2.64. The van der Waals surface area contributed by atoms with Gasteiger partial charge in [0.15, 0.2) is 0 Å². The first-order valence-electron chi connectivity index (χ1n) is 6.69. The molecule has 0 aliphatic carbocycles. The van der Waals surface area contributed by atoms with E-state index in [9.17, 15) is 18.3 Å². The number of ether oxygens (including phenoxy) is 1. The standard InChI is InChI=1S/C13H19NO6S/c1-7-6-10(4-5-19-7)14-21(17,18)12-9(3)20-8(2)11(12)13(15)16/h7,10,14H,4-6H2,1-3H3,(H,15,16). The molecular weight excluding hydrogens is 298 g/mol. The van der Waals surface area contributed by atoms with Crippen LogP contribution in [0.2, 0.25) is 0 Å². The van der Waals surface area contributed by atoms with Crippen molar-refractivity contribution < 1.29 is 27.5 Å². The van der Waals surface area contributed by atoms with Gasteiger partial charge in [-0.25, -0.2) is 17.9 Å². The Morgan fingerprint density at radius 2 is 2.00 bits per heavy atom. The lowest BCUT2D eigenvalue weighted by atomic mass is 10.1. The molecule has 1 aliphatic rings. The van der Waals surface area contributed by atoms with E-state index in [2.05, 4.69) is 4.72 Å². The largest absolute Gasteiger partial charge is 0.478 e. The van der Waals surface area contributed by atoms with Crippen LogP contribution in [0.1, 0.15) is 41.6 Å². The molecule has 1 fully saturated rings. The van der Waals surface area contributed by atoms with Gasteiger partial charge in [0.2, 0.25) is 10.0 Å². The average molecular weight is 317 g/mol. The quantitative estimate of drug-likeness (QED) is 0.870. The zero-order valence-corrected chi connectivity index (χ0v) is 13.0. The molecule has 0 bridgehead atoms. The number of furan rings is 1. The predicted octanol–water partition coefficient (Wildman–Crippen LogP) is 1.44. The summed E-state index contributed by atoms with van der Waals surface area (Å²) < 4.78 is 38.1. The highest BCUT2D eigenvalue weighted by molar-refractivity contribution is 7.89. The van der Waals surface area contributed by atoms with Crippen LogP contribution in [0.15, 0.2) is 9.31 Å². The van der Waals surface area contributed by atoms with Crippen molar-refractivity contribution in [3.63, 3.8) is 0 Å². The second kappa shape index (κ2) is 5.78. The smallest absolute Gasteiger partial charge is 0.340 e. The van der Waals surface area contributed by atoms with Gasteiger partial charge in [0.25, 0.3) is 0 Å². The molecule has 1 aromatic rings. The lowest BCUT2D eigenvalue weighted by Gasteiger charge is -2.27. The first-order valence-corrected chi connectivity index (χ1v) is 8.18. The van der Waals surface area contributed by atoms with Gasteiger partial charge >= 0.3 is 5.97 Å². The Kier molecular flexibility index (Phi) is 4.40. The third-order valence-electron chi connectivity index (χ3n) is 3.49. The van der Waals surface area contributed by atoms with Crippen LogP contribution in [0.3, 0.4) is 0 Å². The molecule has 2 heterocycles. The normalized spacial score (nSPS) is 23.2. The molecule has 1 saturated heterocycles. The van der Waals surface area contributed by atoms with Gasteiger partial charge in [0.05, 0.1) is 6.10 Å². The zero-order valence-electron chi connectivity index (χ0n) is 12.2. The molecule has 1 aromatic heterocycles. The molecular formula is C13H19NO6S. The fourth-order valence-corrected chi connectivity index (χ4v) is 4.31. The molecule has 2 N–H and O–H groups in total. The van der Waals surface area contributed by atoms with Crippen LogP contribution in [-0.4, -0.2) is 38.2 Å². The minimum atomic E-state index is -3.95. The Morgan fingerprint density at radius 3 is 2.57 bits per heavy atom. The van der Waals surface area contributed by atoms with E-state index in [-0.39, 0.29) is 34.1 Å². The van der Waals surface area contributed by atoms with Crippen molar-refractivity contribution in [2.24, 2.45) is 0 Å². The van der Waals surface area contributed by atoms with Crippen LogP contribution >= 0.6 is 0 Å². The molecule has 118 valence electrons. The molecule has 7 nitrogen and oxygen atoms in total. The van der Waals surface area contributed by atoms with Gasteiger partial charge in [-0.15, -0.1) is 0 Å². The number of aryl methyl sites for hydroxylation is 2. The lowest BCUT2D eigenvalue weighted by molar-refractivity contribution is 0.0173. The van der Waals surface area contributed by atoms with Crippen LogP contribution in [-0.2, 0) is 14.8 Å². The van der Waals surface area contributed by atoms with E-state index >= 15 is 0 Å². The van der Waals surface area contributed by atoms with Crippen molar-refractivity contribution in [2.45, 2.75) is 50.7 Å². The minimum Gasteiger partial charge on any atom is -0.478 e. The molecule has 0 amide bonds. The summed E-state index contributed by atoms with van der Waals surface area (Å²) in [6.07, 6.45) is 1.08. The number of carboxylic acid groups (broad SMARTS) is 1. The SMILES string of the molecule is Cc1oc(C)c(S(=O)(=O)NC2CCOC(C)C2)c1C(=O)O. The molecule has 8 heteroatoms. The van der Waals surface area contributed by atoms with Crippen LogP contribution in [0.4, 0.5) is 0 Å². The number of aromatic carboxylic acids is 1. The molecule has 0 radical (unpaired) electrons. The van der Waals surface area contributed by atoms with E-state index in [1.807, 2.05) is 6.92 Å². The van der Waals surface area contributed by atoms with E-state index in [0.29, 0.717) is 19.4 Å². The van der Waals surface area contributed by atoms with Gasteiger partial charge < -0.3 is 14.3 Å². The number of sulfonamides is 1. The van der Waals surface area contributed by atoms with Crippen molar-refractivity contribution in [3.05, 3.63) is 17.1 Å². The van der Waals surface area contributed by atoms with E-state index in [0.717, 1.165) is 0 Å². The third-order valence-corrected chi connectivity index (χ3v) is 5.17. The Balaban J connectivity index is 2.34. The number of nitrogens with one attached hydrogen (secondary N) is 1. The zero-order chi connectivity index (χ0) is 15.8. The van der Waals surface area contributed by atoms with Crippen molar-refractivity contribution in [1.29, 1.82) is 0 Å². The third kappa shape index (κ3) is 3.28. The molecule has 0 aromatic carbocycles. The molecule has 2 atom stereocenters. The maximum atomic E-state index is 12.5. The van der Waals surface area contributed by atoms with Gasteiger partial charge in [-0.1, -0.05) is 0 Å². The first-order chi connectivity index (χ1) is 9.72. The van der Waals surface area contributed by atoms with E-state index in [1.165, 1.54) is 13.8 Å². The summed E-state index contributed by atoms with van der Waals surface area (Å²) in [5, 5.41) is 9.20. The Bertz CT molecular complexity index is 648. The van der Waals surface area contributed by atoms with Gasteiger partial charge in [0, 0.05) is 12.6 Å². The summed E-state index contributed by atoms with van der Waals surface area (Å²) >= 11 is 0. The lowest BCUT2D eigenvalue weighted by Crippen LogP contribution is -2.41. The molecule has 2 rings (SSSR count). The summed E-state index contributed by atoms with van der Waals surface area (Å²) in [5.41, 5.74) is -0.305. The highest BCUT2D eigenvalue weighted by Crippen LogP contribution is 2.27. The van der Waals surface area contributed by atoms with E-state index < -0.39 is 16.0 Å². The Labute approximate surface area is 123 Å². The van der Waals surface area contributed by atoms with Crippen molar-refractivity contribution in [2.75, 3.05) is 6.61 Å². The highest BCUT2D eigenvalue weighted by Gasteiger charge is 2.33. The summed E-state index contributed by atoms with van der Waals surface area (Å²) in [6, 6.07) is -0.269. The molecule has 2 unspecified atom stereocenters. The van der Waals surface area contributed by atoms with Gasteiger partial charge in [-0.05, 0) is 33.6 Å². The summed E-state index contributed by atoms with van der Waals surface area (Å²) in [7, 11) is -3.95. The predicted molar refractivity (Wildman–Crippen MR) is 73.9 cm³/mol. The number of carboxylic acids is 1. The minimum absolute atomic E-state index is 0.0300. The first kappa shape index (κ1) is 16.0. The number of hydrogen-bond donors (Lipinski definition) is 2. The maximum Gasteiger partial charge on any atom is 0.340 e. The summed E-state index contributed by atoms with van der Waals surface area (Å²) in [6.45, 7) is 5.23. The molecule has 0 saturated carbocycles. The van der Waals surface area contributed by atoms with Crippen LogP contribution in [0.25, 0.3) is 0 Å². The number of rotatable bonds is 4. The summed E-state index contributed by atoms with van der Waals surface area (Å²) in [5.74, 6) is -1.15. The fourth-order valence-electron chi connectivity index (χ4n) is 2.62. The second-order valence-corrected chi connectivity index (χ2v) is 6.90. The fraction of sp³-hybridized carbons (Fsp3) is 0.615. The van der Waals surface area contributed by atoms with Gasteiger partial charge in [-0.2, -0.15) is 0 Å². The molecule has 0 spiro atoms. The van der Waals surface area contributed by atoms with E-state index in [4.69, 9.17) is 9.15 Å². The monoisotopic (exact) mass is 317 g/mol. The summed E-state index contributed by atoms with van der Waals surface area (Å²) in [4.78, 5) is 11.0. The molecule has 21 heavy (non-hydrogen) atoms. The van der Waals surface area contributed by atoms with Gasteiger partial charge in [-0.3, -0.25) is 0 Å². The number of hydrogen-bond acceptors (Lipinski definition) is 5. The van der Waals surface area contributed by atoms with Crippen LogP contribution in [0, 0.1) is 13.8 Å². The van der Waals surface area contributed by atoms with Crippen LogP contribution < -0.4 is 4.72 Å². The second-order valence-electron chi connectivity index (χ2n) is 5.25. The van der Waals surface area contributed by atoms with E-state index in [1.54, 1.807) is 0 Å². The highest BCUT2D eigenvalue weighted by atomic mass is 32.2. The topological polar surface area (TPSA) is 106 Å². The Hall–Kier alpha value is -1.38. The van der Waals surface area contributed by atoms with Crippen molar-refractivity contribution >= 4 is 16.0 Å². The Morgan fingerprint density at radius 1 is 1.33 bits per heavy atom. The van der Waals surface area contributed by atoms with Gasteiger partial charge in [0.1, 0.15) is 22.0 Å². The number of carbonyl (C=O) groups is 1. The molecule has 1 aliphatic heterocycles. The van der Waals surface area contributed by atoms with Crippen molar-refractivity contribution in [3.8, 4) is 0 Å². The van der Waals surface area contributed by atoms with Crippen LogP contribution in [0.5, 0.6) is 0 Å².